The Morgan fingerprint density at radius 1 is 1.15 bits per heavy atom. The van der Waals surface area contributed by atoms with E-state index in [1.165, 1.54) is 0 Å². The SMILES string of the molecule is Cc1cc(C)n(-c2ccc(NC(=O)c3cccc(CS(C)(=O)=O)c3)cn2)n1. The maximum atomic E-state index is 12.4. The Hall–Kier alpha value is -3.00. The number of pyridine rings is 1. The maximum Gasteiger partial charge on any atom is 0.255 e. The number of benzene rings is 1. The summed E-state index contributed by atoms with van der Waals surface area (Å²) >= 11 is 0. The Morgan fingerprint density at radius 2 is 1.93 bits per heavy atom. The highest BCUT2D eigenvalue weighted by Gasteiger charge is 2.11. The molecule has 2 aromatic heterocycles. The standard InChI is InChI=1S/C19H20N4O3S/c1-13-9-14(2)23(22-13)18-8-7-17(11-20-18)21-19(24)16-6-4-5-15(10-16)12-27(3,25)26/h4-11H,12H2,1-3H3,(H,21,24). The second-order valence-electron chi connectivity index (χ2n) is 6.47. The van der Waals surface area contributed by atoms with Gasteiger partial charge in [-0.1, -0.05) is 12.1 Å². The minimum Gasteiger partial charge on any atom is -0.321 e. The maximum absolute atomic E-state index is 12.4. The molecule has 0 atom stereocenters. The molecule has 0 saturated heterocycles. The topological polar surface area (TPSA) is 94.0 Å². The Balaban J connectivity index is 1.75. The summed E-state index contributed by atoms with van der Waals surface area (Å²) in [7, 11) is -3.16. The first-order valence-electron chi connectivity index (χ1n) is 8.29. The number of nitrogens with zero attached hydrogens (tertiary/aromatic N) is 3. The van der Waals surface area contributed by atoms with Crippen molar-refractivity contribution < 1.29 is 13.2 Å². The molecule has 0 radical (unpaired) electrons. The molecular weight excluding hydrogens is 364 g/mol. The Kier molecular flexibility index (Phi) is 5.09. The van der Waals surface area contributed by atoms with Crippen molar-refractivity contribution in [1.29, 1.82) is 0 Å². The molecule has 140 valence electrons. The lowest BCUT2D eigenvalue weighted by Gasteiger charge is -2.08. The summed E-state index contributed by atoms with van der Waals surface area (Å²) in [6.45, 7) is 3.86. The van der Waals surface area contributed by atoms with Gasteiger partial charge in [-0.25, -0.2) is 18.1 Å². The molecule has 3 rings (SSSR count). The van der Waals surface area contributed by atoms with Crippen molar-refractivity contribution in [3.63, 3.8) is 0 Å². The van der Waals surface area contributed by atoms with Gasteiger partial charge >= 0.3 is 0 Å². The summed E-state index contributed by atoms with van der Waals surface area (Å²) < 4.78 is 24.6. The second-order valence-corrected chi connectivity index (χ2v) is 8.61. The summed E-state index contributed by atoms with van der Waals surface area (Å²) in [4.78, 5) is 16.8. The number of aromatic nitrogens is 3. The smallest absolute Gasteiger partial charge is 0.255 e. The van der Waals surface area contributed by atoms with E-state index in [0.717, 1.165) is 17.6 Å². The summed E-state index contributed by atoms with van der Waals surface area (Å²) in [6.07, 6.45) is 2.72. The van der Waals surface area contributed by atoms with Crippen molar-refractivity contribution in [3.05, 3.63) is 71.2 Å². The zero-order chi connectivity index (χ0) is 19.6. The van der Waals surface area contributed by atoms with Gasteiger partial charge in [0.25, 0.3) is 5.91 Å². The van der Waals surface area contributed by atoms with Crippen LogP contribution in [0.3, 0.4) is 0 Å². The van der Waals surface area contributed by atoms with Crippen LogP contribution >= 0.6 is 0 Å². The number of carbonyl (C=O) groups is 1. The van der Waals surface area contributed by atoms with E-state index in [2.05, 4.69) is 15.4 Å². The van der Waals surface area contributed by atoms with Gasteiger partial charge in [-0.05, 0) is 49.7 Å². The van der Waals surface area contributed by atoms with Crippen molar-refractivity contribution in [3.8, 4) is 5.82 Å². The summed E-state index contributed by atoms with van der Waals surface area (Å²) in [5.41, 5.74) is 3.38. The van der Waals surface area contributed by atoms with Crippen LogP contribution in [-0.2, 0) is 15.6 Å². The summed E-state index contributed by atoms with van der Waals surface area (Å²) in [6, 6.07) is 12.0. The summed E-state index contributed by atoms with van der Waals surface area (Å²) in [5.74, 6) is 0.229. The molecule has 1 aromatic carbocycles. The fraction of sp³-hybridized carbons (Fsp3) is 0.211. The first-order chi connectivity index (χ1) is 12.7. The third-order valence-electron chi connectivity index (χ3n) is 3.85. The van der Waals surface area contributed by atoms with Crippen molar-refractivity contribution >= 4 is 21.4 Å². The molecule has 0 unspecified atom stereocenters. The lowest BCUT2D eigenvalue weighted by Crippen LogP contribution is -2.13. The van der Waals surface area contributed by atoms with E-state index in [4.69, 9.17) is 0 Å². The minimum atomic E-state index is -3.16. The Bertz CT molecular complexity index is 1090. The number of sulfone groups is 1. The van der Waals surface area contributed by atoms with E-state index in [-0.39, 0.29) is 11.7 Å². The Morgan fingerprint density at radius 3 is 2.52 bits per heavy atom. The van der Waals surface area contributed by atoms with Crippen LogP contribution in [-0.4, -0.2) is 35.3 Å². The molecule has 27 heavy (non-hydrogen) atoms. The fourth-order valence-electron chi connectivity index (χ4n) is 2.75. The quantitative estimate of drug-likeness (QED) is 0.730. The van der Waals surface area contributed by atoms with Gasteiger partial charge in [-0.15, -0.1) is 0 Å². The van der Waals surface area contributed by atoms with Crippen molar-refractivity contribution in [2.24, 2.45) is 0 Å². The molecule has 2 heterocycles. The van der Waals surface area contributed by atoms with Crippen LogP contribution in [0.25, 0.3) is 5.82 Å². The van der Waals surface area contributed by atoms with Crippen LogP contribution in [0, 0.1) is 13.8 Å². The van der Waals surface area contributed by atoms with Gasteiger partial charge in [0, 0.05) is 17.5 Å². The van der Waals surface area contributed by atoms with E-state index >= 15 is 0 Å². The first-order valence-corrected chi connectivity index (χ1v) is 10.3. The van der Waals surface area contributed by atoms with Gasteiger partial charge in [0.2, 0.25) is 0 Å². The van der Waals surface area contributed by atoms with Gasteiger partial charge in [-0.2, -0.15) is 5.10 Å². The number of hydrogen-bond donors (Lipinski definition) is 1. The van der Waals surface area contributed by atoms with Crippen molar-refractivity contribution in [2.75, 3.05) is 11.6 Å². The van der Waals surface area contributed by atoms with Gasteiger partial charge in [-0.3, -0.25) is 4.79 Å². The molecule has 3 aromatic rings. The molecular formula is C19H20N4O3S. The van der Waals surface area contributed by atoms with Gasteiger partial charge in [0.1, 0.15) is 0 Å². The van der Waals surface area contributed by atoms with Crippen LogP contribution < -0.4 is 5.32 Å². The molecule has 0 aliphatic rings. The molecule has 0 saturated carbocycles. The van der Waals surface area contributed by atoms with Crippen molar-refractivity contribution in [2.45, 2.75) is 19.6 Å². The molecule has 0 aliphatic carbocycles. The second kappa shape index (κ2) is 7.32. The average Bonchev–Trinajstić information content (AvgIpc) is 2.92. The van der Waals surface area contributed by atoms with E-state index in [0.29, 0.717) is 22.6 Å². The largest absolute Gasteiger partial charge is 0.321 e. The number of anilines is 1. The lowest BCUT2D eigenvalue weighted by atomic mass is 10.1. The molecule has 1 amide bonds. The molecule has 7 nitrogen and oxygen atoms in total. The summed E-state index contributed by atoms with van der Waals surface area (Å²) in [5, 5.41) is 7.14. The predicted molar refractivity (Wildman–Crippen MR) is 104 cm³/mol. The van der Waals surface area contributed by atoms with Crippen molar-refractivity contribution in [1.82, 2.24) is 14.8 Å². The lowest BCUT2D eigenvalue weighted by molar-refractivity contribution is 0.102. The zero-order valence-corrected chi connectivity index (χ0v) is 16.1. The van der Waals surface area contributed by atoms with Crippen LogP contribution in [0.2, 0.25) is 0 Å². The highest BCUT2D eigenvalue weighted by atomic mass is 32.2. The van der Waals surface area contributed by atoms with E-state index < -0.39 is 9.84 Å². The zero-order valence-electron chi connectivity index (χ0n) is 15.3. The monoisotopic (exact) mass is 384 g/mol. The highest BCUT2D eigenvalue weighted by Crippen LogP contribution is 2.15. The van der Waals surface area contributed by atoms with Gasteiger partial charge in [0.05, 0.1) is 23.3 Å². The number of amides is 1. The van der Waals surface area contributed by atoms with Crippen LogP contribution in [0.4, 0.5) is 5.69 Å². The number of carbonyl (C=O) groups excluding carboxylic acids is 1. The number of rotatable bonds is 5. The number of hydrogen-bond acceptors (Lipinski definition) is 5. The molecule has 0 spiro atoms. The molecule has 0 bridgehead atoms. The van der Waals surface area contributed by atoms with Gasteiger partial charge < -0.3 is 5.32 Å². The van der Waals surface area contributed by atoms with E-state index in [1.54, 1.807) is 47.3 Å². The molecule has 1 N–H and O–H groups in total. The van der Waals surface area contributed by atoms with E-state index in [1.807, 2.05) is 19.9 Å². The highest BCUT2D eigenvalue weighted by molar-refractivity contribution is 7.89. The van der Waals surface area contributed by atoms with E-state index in [9.17, 15) is 13.2 Å². The fourth-order valence-corrected chi connectivity index (χ4v) is 3.54. The molecule has 0 aliphatic heterocycles. The van der Waals surface area contributed by atoms with Crippen LogP contribution in [0.1, 0.15) is 27.3 Å². The predicted octanol–water partition coefficient (Wildman–Crippen LogP) is 2.68. The van der Waals surface area contributed by atoms with Gasteiger partial charge in [0.15, 0.2) is 15.7 Å². The third-order valence-corrected chi connectivity index (χ3v) is 4.71. The third kappa shape index (κ3) is 4.79. The number of nitrogens with one attached hydrogen (secondary N) is 1. The first kappa shape index (κ1) is 18.8. The number of aryl methyl sites for hydroxylation is 2. The molecule has 8 heteroatoms. The minimum absolute atomic E-state index is 0.104. The average molecular weight is 384 g/mol. The molecule has 0 fully saturated rings. The van der Waals surface area contributed by atoms with Crippen LogP contribution in [0.15, 0.2) is 48.7 Å². The van der Waals surface area contributed by atoms with Crippen LogP contribution in [0.5, 0.6) is 0 Å². The Labute approximate surface area is 158 Å². The normalized spacial score (nSPS) is 11.4.